The van der Waals surface area contributed by atoms with E-state index in [9.17, 15) is 0 Å². The van der Waals surface area contributed by atoms with E-state index in [1.165, 1.54) is 6.33 Å². The number of nitrogens with zero attached hydrogens (tertiary/aromatic N) is 2. The highest BCUT2D eigenvalue weighted by Crippen LogP contribution is 1.85. The fourth-order valence-corrected chi connectivity index (χ4v) is 0.301. The van der Waals surface area contributed by atoms with Crippen LogP contribution in [0.3, 0.4) is 0 Å². The van der Waals surface area contributed by atoms with Crippen molar-refractivity contribution < 1.29 is 1.43 Å². The molecule has 1 rings (SSSR count). The predicted molar refractivity (Wildman–Crippen MR) is 39.9 cm³/mol. The molecule has 0 aliphatic carbocycles. The van der Waals surface area contributed by atoms with E-state index in [0.29, 0.717) is 5.82 Å². The van der Waals surface area contributed by atoms with Crippen molar-refractivity contribution in [2.75, 3.05) is 5.73 Å². The maximum Gasteiger partial charge on any atom is 0.126 e. The van der Waals surface area contributed by atoms with Gasteiger partial charge in [0, 0.05) is 7.62 Å². The molecule has 0 aliphatic rings. The lowest BCUT2D eigenvalue weighted by Gasteiger charge is -1.82. The first kappa shape index (κ1) is 7.88. The molecular formula is C6H13N3. The first-order valence-corrected chi connectivity index (χ1v) is 2.91. The molecule has 1 heterocycles. The van der Waals surface area contributed by atoms with E-state index in [0.717, 1.165) is 0 Å². The van der Waals surface area contributed by atoms with E-state index < -0.39 is 0 Å². The summed E-state index contributed by atoms with van der Waals surface area (Å²) in [5, 5.41) is 0. The maximum atomic E-state index is 5.21. The Bertz CT molecular complexity index is 143. The van der Waals surface area contributed by atoms with Gasteiger partial charge in [-0.1, -0.05) is 13.8 Å². The van der Waals surface area contributed by atoms with E-state index in [4.69, 9.17) is 5.73 Å². The van der Waals surface area contributed by atoms with Crippen LogP contribution in [0.4, 0.5) is 5.82 Å². The normalized spacial score (nSPS) is 7.33. The highest BCUT2D eigenvalue weighted by Gasteiger charge is 1.74. The number of hydrogen-bond acceptors (Lipinski definition) is 3. The second kappa shape index (κ2) is 5.03. The lowest BCUT2D eigenvalue weighted by atomic mass is 10.6. The van der Waals surface area contributed by atoms with Gasteiger partial charge < -0.3 is 5.73 Å². The van der Waals surface area contributed by atoms with Crippen LogP contribution >= 0.6 is 0 Å². The molecule has 0 spiro atoms. The van der Waals surface area contributed by atoms with E-state index in [1.54, 1.807) is 12.3 Å². The molecule has 0 amide bonds. The maximum absolute atomic E-state index is 5.21. The Morgan fingerprint density at radius 2 is 2.22 bits per heavy atom. The molecule has 0 unspecified atom stereocenters. The monoisotopic (exact) mass is 127 g/mol. The second-order valence-corrected chi connectivity index (χ2v) is 1.13. The van der Waals surface area contributed by atoms with Crippen molar-refractivity contribution in [3.05, 3.63) is 18.6 Å². The standard InChI is InChI=1S/C4H5N3.C2H6.H2/c5-4-1-2-6-3-7-4;1-2;/h1-3H,(H2,5,6,7);1-2H3;1H. The number of hydrogen-bond donors (Lipinski definition) is 1. The minimum absolute atomic E-state index is 0. The van der Waals surface area contributed by atoms with E-state index in [2.05, 4.69) is 9.97 Å². The SMILES string of the molecule is CC.Nc1ccncn1.[HH]. The van der Waals surface area contributed by atoms with E-state index in [1.807, 2.05) is 13.8 Å². The predicted octanol–water partition coefficient (Wildman–Crippen LogP) is 1.33. The van der Waals surface area contributed by atoms with Gasteiger partial charge in [0.25, 0.3) is 0 Å². The van der Waals surface area contributed by atoms with Crippen LogP contribution in [0.5, 0.6) is 0 Å². The molecule has 3 nitrogen and oxygen atoms in total. The number of nitrogens with two attached hydrogens (primary N) is 1. The van der Waals surface area contributed by atoms with Crippen LogP contribution in [0.2, 0.25) is 0 Å². The fourth-order valence-electron chi connectivity index (χ4n) is 0.301. The molecule has 52 valence electrons. The molecule has 0 aliphatic heterocycles. The van der Waals surface area contributed by atoms with Crippen molar-refractivity contribution in [1.82, 2.24) is 9.97 Å². The number of aromatic nitrogens is 2. The van der Waals surface area contributed by atoms with Crippen molar-refractivity contribution in [2.45, 2.75) is 13.8 Å². The Balaban J connectivity index is 0. The van der Waals surface area contributed by atoms with E-state index >= 15 is 0 Å². The van der Waals surface area contributed by atoms with Gasteiger partial charge in [0.1, 0.15) is 12.1 Å². The Hall–Kier alpha value is -1.12. The lowest BCUT2D eigenvalue weighted by Crippen LogP contribution is -1.87. The van der Waals surface area contributed by atoms with Gasteiger partial charge in [0.15, 0.2) is 0 Å². The molecule has 0 atom stereocenters. The molecule has 3 heteroatoms. The summed E-state index contributed by atoms with van der Waals surface area (Å²) in [7, 11) is 0. The molecule has 0 saturated heterocycles. The second-order valence-electron chi connectivity index (χ2n) is 1.13. The van der Waals surface area contributed by atoms with Gasteiger partial charge in [-0.15, -0.1) is 0 Å². The van der Waals surface area contributed by atoms with Gasteiger partial charge in [-0.05, 0) is 6.07 Å². The highest BCUT2D eigenvalue weighted by atomic mass is 14.9. The van der Waals surface area contributed by atoms with Crippen LogP contribution in [-0.2, 0) is 0 Å². The molecule has 9 heavy (non-hydrogen) atoms. The number of nitrogen functional groups attached to an aromatic ring is 1. The molecule has 0 aromatic carbocycles. The zero-order chi connectivity index (χ0) is 7.11. The lowest BCUT2D eigenvalue weighted by molar-refractivity contribution is 1.18. The van der Waals surface area contributed by atoms with Crippen LogP contribution in [0.15, 0.2) is 18.6 Å². The highest BCUT2D eigenvalue weighted by molar-refractivity contribution is 5.22. The first-order chi connectivity index (χ1) is 4.39. The molecule has 1 aromatic heterocycles. The van der Waals surface area contributed by atoms with Gasteiger partial charge >= 0.3 is 0 Å². The Morgan fingerprint density at radius 1 is 1.56 bits per heavy atom. The van der Waals surface area contributed by atoms with Crippen LogP contribution in [0.25, 0.3) is 0 Å². The molecule has 1 aromatic rings. The molecule has 0 radical (unpaired) electrons. The summed E-state index contributed by atoms with van der Waals surface area (Å²) in [4.78, 5) is 7.30. The summed E-state index contributed by atoms with van der Waals surface area (Å²) >= 11 is 0. The fraction of sp³-hybridized carbons (Fsp3) is 0.333. The van der Waals surface area contributed by atoms with Crippen LogP contribution < -0.4 is 5.73 Å². The third-order valence-electron chi connectivity index (χ3n) is 0.605. The minimum atomic E-state index is 0. The third-order valence-corrected chi connectivity index (χ3v) is 0.605. The average molecular weight is 127 g/mol. The van der Waals surface area contributed by atoms with Gasteiger partial charge in [-0.25, -0.2) is 9.97 Å². The summed E-state index contributed by atoms with van der Waals surface area (Å²) in [6, 6.07) is 1.64. The minimum Gasteiger partial charge on any atom is -0.384 e. The topological polar surface area (TPSA) is 51.8 Å². The third kappa shape index (κ3) is 3.46. The van der Waals surface area contributed by atoms with Gasteiger partial charge in [-0.2, -0.15) is 0 Å². The quantitative estimate of drug-likeness (QED) is 0.572. The summed E-state index contributed by atoms with van der Waals surface area (Å²) in [6.45, 7) is 4.00. The van der Waals surface area contributed by atoms with Crippen molar-refractivity contribution in [1.29, 1.82) is 0 Å². The van der Waals surface area contributed by atoms with Crippen LogP contribution in [-0.4, -0.2) is 9.97 Å². The summed E-state index contributed by atoms with van der Waals surface area (Å²) in [5.74, 6) is 0.509. The van der Waals surface area contributed by atoms with Crippen molar-refractivity contribution in [3.8, 4) is 0 Å². The molecule has 0 bridgehead atoms. The summed E-state index contributed by atoms with van der Waals surface area (Å²) in [6.07, 6.45) is 3.01. The van der Waals surface area contributed by atoms with E-state index in [-0.39, 0.29) is 1.43 Å². The number of rotatable bonds is 0. The van der Waals surface area contributed by atoms with Gasteiger partial charge in [0.2, 0.25) is 0 Å². The Kier molecular flexibility index (Phi) is 4.40. The van der Waals surface area contributed by atoms with Gasteiger partial charge in [-0.3, -0.25) is 0 Å². The molecule has 2 N–H and O–H groups in total. The summed E-state index contributed by atoms with van der Waals surface area (Å²) < 4.78 is 0. The Labute approximate surface area is 56.4 Å². The zero-order valence-electron chi connectivity index (χ0n) is 5.70. The van der Waals surface area contributed by atoms with Crippen molar-refractivity contribution in [3.63, 3.8) is 0 Å². The smallest absolute Gasteiger partial charge is 0.126 e. The summed E-state index contributed by atoms with van der Waals surface area (Å²) in [5.41, 5.74) is 5.21. The van der Waals surface area contributed by atoms with Crippen LogP contribution in [0, 0.1) is 0 Å². The average Bonchev–Trinajstić information content (AvgIpc) is 1.94. The zero-order valence-corrected chi connectivity index (χ0v) is 5.70. The first-order valence-electron chi connectivity index (χ1n) is 2.91. The van der Waals surface area contributed by atoms with Crippen molar-refractivity contribution >= 4 is 5.82 Å². The van der Waals surface area contributed by atoms with Crippen molar-refractivity contribution in [2.24, 2.45) is 0 Å². The molecule has 0 fully saturated rings. The Morgan fingerprint density at radius 3 is 2.44 bits per heavy atom. The molecular weight excluding hydrogens is 114 g/mol. The van der Waals surface area contributed by atoms with Crippen LogP contribution in [0.1, 0.15) is 15.3 Å². The van der Waals surface area contributed by atoms with Gasteiger partial charge in [0.05, 0.1) is 0 Å². The largest absolute Gasteiger partial charge is 0.384 e. The number of anilines is 1. The molecule has 0 saturated carbocycles.